The molecule has 2 aromatic heterocycles. The van der Waals surface area contributed by atoms with E-state index in [0.717, 1.165) is 17.7 Å². The fraction of sp³-hybridized carbons (Fsp3) is 0.211. The van der Waals surface area contributed by atoms with E-state index in [-0.39, 0.29) is 17.0 Å². The molecule has 0 radical (unpaired) electrons. The lowest BCUT2D eigenvalue weighted by atomic mass is 9.97. The topological polar surface area (TPSA) is 72.7 Å². The molecule has 25 heavy (non-hydrogen) atoms. The number of carbonyl (C=O) groups excluding carboxylic acids is 1. The van der Waals surface area contributed by atoms with Crippen LogP contribution in [0.4, 0.5) is 0 Å². The molecule has 3 heterocycles. The van der Waals surface area contributed by atoms with Crippen molar-refractivity contribution < 1.29 is 9.53 Å². The zero-order valence-corrected chi connectivity index (χ0v) is 13.5. The van der Waals surface area contributed by atoms with E-state index in [0.29, 0.717) is 18.8 Å². The Kier molecular flexibility index (Phi) is 3.93. The van der Waals surface area contributed by atoms with Gasteiger partial charge in [-0.1, -0.05) is 24.3 Å². The van der Waals surface area contributed by atoms with E-state index in [1.54, 1.807) is 24.4 Å². The second-order valence-corrected chi connectivity index (χ2v) is 6.10. The Bertz CT molecular complexity index is 996. The van der Waals surface area contributed by atoms with Crippen molar-refractivity contribution in [2.75, 3.05) is 13.2 Å². The van der Waals surface area contributed by atoms with Crippen LogP contribution in [0.15, 0.2) is 59.7 Å². The first-order valence-electron chi connectivity index (χ1n) is 8.17. The molecule has 0 saturated heterocycles. The number of nitrogens with one attached hydrogen (secondary N) is 1. The fourth-order valence-corrected chi connectivity index (χ4v) is 3.04. The highest BCUT2D eigenvalue weighted by Crippen LogP contribution is 2.26. The maximum atomic E-state index is 12.4. The van der Waals surface area contributed by atoms with E-state index in [1.165, 1.54) is 10.6 Å². The third kappa shape index (κ3) is 2.98. The third-order valence-corrected chi connectivity index (χ3v) is 4.37. The summed E-state index contributed by atoms with van der Waals surface area (Å²) in [6.07, 6.45) is 3.78. The molecule has 0 fully saturated rings. The molecule has 126 valence electrons. The van der Waals surface area contributed by atoms with E-state index >= 15 is 0 Å². The number of rotatable bonds is 3. The van der Waals surface area contributed by atoms with Crippen LogP contribution in [-0.2, 0) is 6.42 Å². The van der Waals surface area contributed by atoms with Crippen LogP contribution in [0, 0.1) is 5.92 Å². The number of aromatic nitrogens is 2. The normalized spacial score (nSPS) is 16.1. The quantitative estimate of drug-likeness (QED) is 0.790. The summed E-state index contributed by atoms with van der Waals surface area (Å²) >= 11 is 0. The van der Waals surface area contributed by atoms with Crippen molar-refractivity contribution in [3.63, 3.8) is 0 Å². The molecule has 1 aliphatic rings. The van der Waals surface area contributed by atoms with Crippen molar-refractivity contribution in [2.24, 2.45) is 5.92 Å². The third-order valence-electron chi connectivity index (χ3n) is 4.37. The Labute approximate surface area is 144 Å². The monoisotopic (exact) mass is 335 g/mol. The molecule has 1 amide bonds. The van der Waals surface area contributed by atoms with Crippen LogP contribution in [0.3, 0.4) is 0 Å². The molecule has 6 heteroatoms. The molecule has 0 aliphatic carbocycles. The molecule has 1 unspecified atom stereocenters. The Morgan fingerprint density at radius 1 is 1.24 bits per heavy atom. The van der Waals surface area contributed by atoms with E-state index in [4.69, 9.17) is 4.74 Å². The SMILES string of the molecule is O=C(NCC1COc2ccccc2C1)c1cnc2ccccn2c1=O. The first kappa shape index (κ1) is 15.4. The minimum absolute atomic E-state index is 0.0424. The van der Waals surface area contributed by atoms with Gasteiger partial charge in [-0.3, -0.25) is 14.0 Å². The van der Waals surface area contributed by atoms with Crippen LogP contribution < -0.4 is 15.6 Å². The van der Waals surface area contributed by atoms with Gasteiger partial charge in [0.2, 0.25) is 0 Å². The van der Waals surface area contributed by atoms with Crippen molar-refractivity contribution in [1.29, 1.82) is 0 Å². The molecular weight excluding hydrogens is 318 g/mol. The van der Waals surface area contributed by atoms with Gasteiger partial charge in [0, 0.05) is 24.9 Å². The van der Waals surface area contributed by atoms with Crippen molar-refractivity contribution >= 4 is 11.6 Å². The summed E-state index contributed by atoms with van der Waals surface area (Å²) in [4.78, 5) is 29.0. The Morgan fingerprint density at radius 3 is 3.00 bits per heavy atom. The van der Waals surface area contributed by atoms with Crippen LogP contribution in [0.5, 0.6) is 5.75 Å². The zero-order chi connectivity index (χ0) is 17.2. The van der Waals surface area contributed by atoms with Crippen molar-refractivity contribution in [2.45, 2.75) is 6.42 Å². The molecule has 1 aromatic carbocycles. The molecular formula is C19H17N3O3. The van der Waals surface area contributed by atoms with Gasteiger partial charge in [0.25, 0.3) is 11.5 Å². The zero-order valence-electron chi connectivity index (χ0n) is 13.5. The number of hydrogen-bond acceptors (Lipinski definition) is 4. The van der Waals surface area contributed by atoms with Gasteiger partial charge in [-0.2, -0.15) is 0 Å². The highest BCUT2D eigenvalue weighted by atomic mass is 16.5. The van der Waals surface area contributed by atoms with Crippen molar-refractivity contribution in [1.82, 2.24) is 14.7 Å². The second-order valence-electron chi connectivity index (χ2n) is 6.10. The average Bonchev–Trinajstić information content (AvgIpc) is 2.66. The Hall–Kier alpha value is -3.15. The number of amides is 1. The number of fused-ring (bicyclic) bond motifs is 2. The predicted molar refractivity (Wildman–Crippen MR) is 92.9 cm³/mol. The minimum Gasteiger partial charge on any atom is -0.493 e. The van der Waals surface area contributed by atoms with Crippen molar-refractivity contribution in [3.8, 4) is 5.75 Å². The van der Waals surface area contributed by atoms with Gasteiger partial charge in [0.05, 0.1) is 6.61 Å². The van der Waals surface area contributed by atoms with Crippen LogP contribution >= 0.6 is 0 Å². The summed E-state index contributed by atoms with van der Waals surface area (Å²) in [5.74, 6) is 0.673. The molecule has 0 saturated carbocycles. The number of hydrogen-bond donors (Lipinski definition) is 1. The van der Waals surface area contributed by atoms with Gasteiger partial charge in [-0.15, -0.1) is 0 Å². The first-order chi connectivity index (χ1) is 12.2. The van der Waals surface area contributed by atoms with E-state index in [1.807, 2.05) is 24.3 Å². The standard InChI is InChI=1S/C19H17N3O3/c23-18(15-11-20-17-7-3-4-8-22(17)19(15)24)21-10-13-9-14-5-1-2-6-16(14)25-12-13/h1-8,11,13H,9-10,12H2,(H,21,23). The lowest BCUT2D eigenvalue weighted by Gasteiger charge is -2.25. The smallest absolute Gasteiger partial charge is 0.270 e. The highest BCUT2D eigenvalue weighted by molar-refractivity contribution is 5.93. The Balaban J connectivity index is 1.47. The summed E-state index contributed by atoms with van der Waals surface area (Å²) < 4.78 is 7.10. The lowest BCUT2D eigenvalue weighted by Crippen LogP contribution is -2.37. The largest absolute Gasteiger partial charge is 0.493 e. The first-order valence-corrected chi connectivity index (χ1v) is 8.17. The molecule has 1 aliphatic heterocycles. The maximum absolute atomic E-state index is 12.4. The lowest BCUT2D eigenvalue weighted by molar-refractivity contribution is 0.0937. The molecule has 6 nitrogen and oxygen atoms in total. The number of ether oxygens (including phenoxy) is 1. The summed E-state index contributed by atoms with van der Waals surface area (Å²) in [5, 5.41) is 2.83. The molecule has 1 N–H and O–H groups in total. The minimum atomic E-state index is -0.408. The number of carbonyl (C=O) groups is 1. The van der Waals surface area contributed by atoms with Gasteiger partial charge >= 0.3 is 0 Å². The molecule has 1 atom stereocenters. The summed E-state index contributed by atoms with van der Waals surface area (Å²) in [5.41, 5.74) is 1.33. The molecule has 0 bridgehead atoms. The van der Waals surface area contributed by atoms with Crippen molar-refractivity contribution in [3.05, 3.63) is 76.3 Å². The highest BCUT2D eigenvalue weighted by Gasteiger charge is 2.21. The van der Waals surface area contributed by atoms with E-state index in [9.17, 15) is 9.59 Å². The van der Waals surface area contributed by atoms with Gasteiger partial charge in [-0.05, 0) is 30.2 Å². The predicted octanol–water partition coefficient (Wildman–Crippen LogP) is 1.68. The maximum Gasteiger partial charge on any atom is 0.270 e. The number of nitrogens with zero attached hydrogens (tertiary/aromatic N) is 2. The summed E-state index contributed by atoms with van der Waals surface area (Å²) in [6.45, 7) is 0.996. The van der Waals surface area contributed by atoms with Crippen LogP contribution in [0.2, 0.25) is 0 Å². The van der Waals surface area contributed by atoms with Gasteiger partial charge in [0.1, 0.15) is 17.0 Å². The van der Waals surface area contributed by atoms with Crippen LogP contribution in [0.25, 0.3) is 5.65 Å². The second kappa shape index (κ2) is 6.39. The summed E-state index contributed by atoms with van der Waals surface area (Å²) in [6, 6.07) is 13.2. The number of para-hydroxylation sites is 1. The molecule has 4 rings (SSSR count). The molecule has 3 aromatic rings. The van der Waals surface area contributed by atoms with Gasteiger partial charge in [0.15, 0.2) is 0 Å². The average molecular weight is 335 g/mol. The van der Waals surface area contributed by atoms with Crippen LogP contribution in [-0.4, -0.2) is 28.4 Å². The van der Waals surface area contributed by atoms with Gasteiger partial charge < -0.3 is 10.1 Å². The Morgan fingerprint density at radius 2 is 2.08 bits per heavy atom. The number of pyridine rings is 1. The van der Waals surface area contributed by atoms with E-state index in [2.05, 4.69) is 10.3 Å². The van der Waals surface area contributed by atoms with Gasteiger partial charge in [-0.25, -0.2) is 4.98 Å². The molecule has 0 spiro atoms. The van der Waals surface area contributed by atoms with E-state index < -0.39 is 5.91 Å². The number of benzene rings is 1. The summed E-state index contributed by atoms with van der Waals surface area (Å²) in [7, 11) is 0. The van der Waals surface area contributed by atoms with Crippen LogP contribution in [0.1, 0.15) is 15.9 Å². The fourth-order valence-electron chi connectivity index (χ4n) is 3.04.